The van der Waals surface area contributed by atoms with Gasteiger partial charge < -0.3 is 10.2 Å². The first-order chi connectivity index (χ1) is 17.0. The van der Waals surface area contributed by atoms with E-state index in [-0.39, 0.29) is 11.7 Å². The van der Waals surface area contributed by atoms with E-state index in [9.17, 15) is 4.79 Å². The first kappa shape index (κ1) is 23.2. The molecule has 0 aliphatic carbocycles. The molecule has 0 saturated carbocycles. The third kappa shape index (κ3) is 4.81. The van der Waals surface area contributed by atoms with Gasteiger partial charge in [0.05, 0.1) is 34.2 Å². The minimum Gasteiger partial charge on any atom is -0.341 e. The van der Waals surface area contributed by atoms with Crippen LogP contribution in [0.4, 0.5) is 11.6 Å². The van der Waals surface area contributed by atoms with E-state index in [1.54, 1.807) is 0 Å². The molecule has 180 valence electrons. The van der Waals surface area contributed by atoms with E-state index in [1.807, 2.05) is 48.9 Å². The number of rotatable bonds is 7. The van der Waals surface area contributed by atoms with Crippen LogP contribution >= 0.6 is 11.8 Å². The average molecular weight is 488 g/mol. The zero-order valence-corrected chi connectivity index (χ0v) is 21.0. The standard InChI is InChI=1S/C26H29N7OS/c1-18-11-13-21(14-12-18)32-25(31-15-7-8-16-31)28-29-26(32)35-17-23(34)27-24-19(2)30-33(20(24)3)22-9-5-4-6-10-22/h4-6,9-14H,7-8,15-17H2,1-3H3,(H,27,34). The van der Waals surface area contributed by atoms with E-state index < -0.39 is 0 Å². The summed E-state index contributed by atoms with van der Waals surface area (Å²) in [7, 11) is 0. The number of hydrogen-bond acceptors (Lipinski definition) is 6. The van der Waals surface area contributed by atoms with Gasteiger partial charge in [0.1, 0.15) is 0 Å². The first-order valence-corrected chi connectivity index (χ1v) is 12.8. The van der Waals surface area contributed by atoms with Gasteiger partial charge in [0.2, 0.25) is 11.9 Å². The van der Waals surface area contributed by atoms with Crippen molar-refractivity contribution in [3.8, 4) is 11.4 Å². The number of hydrogen-bond donors (Lipinski definition) is 1. The molecule has 1 aliphatic rings. The molecule has 9 heteroatoms. The summed E-state index contributed by atoms with van der Waals surface area (Å²) in [5, 5.41) is 17.3. The summed E-state index contributed by atoms with van der Waals surface area (Å²) in [5.74, 6) is 0.958. The summed E-state index contributed by atoms with van der Waals surface area (Å²) < 4.78 is 3.92. The molecule has 2 aromatic carbocycles. The molecule has 0 atom stereocenters. The van der Waals surface area contributed by atoms with Gasteiger partial charge in [-0.2, -0.15) is 5.10 Å². The Bertz CT molecular complexity index is 1320. The number of thioether (sulfide) groups is 1. The van der Waals surface area contributed by atoms with Crippen molar-refractivity contribution >= 4 is 29.3 Å². The first-order valence-electron chi connectivity index (χ1n) is 11.8. The van der Waals surface area contributed by atoms with Gasteiger partial charge in [-0.25, -0.2) is 4.68 Å². The molecule has 8 nitrogen and oxygen atoms in total. The Morgan fingerprint density at radius 3 is 2.37 bits per heavy atom. The lowest BCUT2D eigenvalue weighted by Crippen LogP contribution is -2.22. The monoisotopic (exact) mass is 487 g/mol. The van der Waals surface area contributed by atoms with E-state index in [1.165, 1.54) is 17.3 Å². The molecule has 2 aromatic heterocycles. The van der Waals surface area contributed by atoms with Gasteiger partial charge >= 0.3 is 0 Å². The summed E-state index contributed by atoms with van der Waals surface area (Å²) in [4.78, 5) is 15.2. The molecule has 5 rings (SSSR count). The van der Waals surface area contributed by atoms with Crippen molar-refractivity contribution in [2.24, 2.45) is 0 Å². The van der Waals surface area contributed by atoms with Crippen LogP contribution in [0.25, 0.3) is 11.4 Å². The van der Waals surface area contributed by atoms with Crippen LogP contribution in [0.3, 0.4) is 0 Å². The number of carbonyl (C=O) groups excluding carboxylic acids is 1. The molecule has 1 amide bonds. The molecule has 0 spiro atoms. The second-order valence-corrected chi connectivity index (χ2v) is 9.72. The van der Waals surface area contributed by atoms with E-state index in [4.69, 9.17) is 0 Å². The molecule has 35 heavy (non-hydrogen) atoms. The SMILES string of the molecule is Cc1ccc(-n2c(SCC(=O)Nc3c(C)nn(-c4ccccc4)c3C)nnc2N2CCCC2)cc1. The van der Waals surface area contributed by atoms with Gasteiger partial charge in [-0.05, 0) is 57.9 Å². The van der Waals surface area contributed by atoms with Crippen molar-refractivity contribution in [2.75, 3.05) is 29.1 Å². The number of benzene rings is 2. The van der Waals surface area contributed by atoms with E-state index in [0.717, 1.165) is 60.3 Å². The van der Waals surface area contributed by atoms with Crippen LogP contribution in [0.5, 0.6) is 0 Å². The second kappa shape index (κ2) is 9.95. The number of nitrogens with one attached hydrogen (secondary N) is 1. The van der Waals surface area contributed by atoms with Crippen molar-refractivity contribution in [1.29, 1.82) is 0 Å². The lowest BCUT2D eigenvalue weighted by molar-refractivity contribution is -0.113. The van der Waals surface area contributed by atoms with Crippen LogP contribution in [-0.2, 0) is 4.79 Å². The van der Waals surface area contributed by atoms with Gasteiger partial charge in [0, 0.05) is 13.1 Å². The van der Waals surface area contributed by atoms with Crippen LogP contribution < -0.4 is 10.2 Å². The molecule has 1 aliphatic heterocycles. The predicted molar refractivity (Wildman–Crippen MR) is 140 cm³/mol. The van der Waals surface area contributed by atoms with Gasteiger partial charge in [0.25, 0.3) is 0 Å². The summed E-state index contributed by atoms with van der Waals surface area (Å²) in [6.45, 7) is 7.89. The van der Waals surface area contributed by atoms with Crippen molar-refractivity contribution in [3.05, 3.63) is 71.5 Å². The smallest absolute Gasteiger partial charge is 0.234 e. The fourth-order valence-electron chi connectivity index (χ4n) is 4.35. The minimum atomic E-state index is -0.102. The van der Waals surface area contributed by atoms with Crippen LogP contribution in [0.1, 0.15) is 29.8 Å². The van der Waals surface area contributed by atoms with E-state index in [0.29, 0.717) is 5.16 Å². The average Bonchev–Trinajstić information content (AvgIpc) is 3.60. The quantitative estimate of drug-likeness (QED) is 0.380. The maximum Gasteiger partial charge on any atom is 0.234 e. The largest absolute Gasteiger partial charge is 0.341 e. The van der Waals surface area contributed by atoms with E-state index >= 15 is 0 Å². The number of aromatic nitrogens is 5. The molecule has 0 unspecified atom stereocenters. The normalized spacial score (nSPS) is 13.4. The molecule has 1 fully saturated rings. The fourth-order valence-corrected chi connectivity index (χ4v) is 5.09. The van der Waals surface area contributed by atoms with Gasteiger partial charge in [-0.15, -0.1) is 10.2 Å². The lowest BCUT2D eigenvalue weighted by Gasteiger charge is -2.18. The molecule has 1 saturated heterocycles. The minimum absolute atomic E-state index is 0.102. The highest BCUT2D eigenvalue weighted by Crippen LogP contribution is 2.29. The van der Waals surface area contributed by atoms with Crippen molar-refractivity contribution < 1.29 is 4.79 Å². The molecular formula is C26H29N7OS. The zero-order valence-electron chi connectivity index (χ0n) is 20.2. The van der Waals surface area contributed by atoms with Gasteiger partial charge in [-0.1, -0.05) is 47.7 Å². The number of anilines is 2. The summed E-state index contributed by atoms with van der Waals surface area (Å²) >= 11 is 1.39. The Balaban J connectivity index is 1.34. The van der Waals surface area contributed by atoms with Crippen molar-refractivity contribution in [3.63, 3.8) is 0 Å². The third-order valence-corrected chi connectivity index (χ3v) is 7.12. The number of aryl methyl sites for hydroxylation is 2. The number of nitrogens with zero attached hydrogens (tertiary/aromatic N) is 6. The molecule has 0 radical (unpaired) electrons. The highest BCUT2D eigenvalue weighted by atomic mass is 32.2. The summed E-state index contributed by atoms with van der Waals surface area (Å²) in [5.41, 5.74) is 5.58. The maximum atomic E-state index is 13.0. The number of para-hydroxylation sites is 1. The van der Waals surface area contributed by atoms with Crippen LogP contribution in [-0.4, -0.2) is 49.3 Å². The summed E-state index contributed by atoms with van der Waals surface area (Å²) in [6, 6.07) is 18.2. The fraction of sp³-hybridized carbons (Fsp3) is 0.308. The van der Waals surface area contributed by atoms with Crippen molar-refractivity contribution in [1.82, 2.24) is 24.5 Å². The van der Waals surface area contributed by atoms with E-state index in [2.05, 4.69) is 61.3 Å². The van der Waals surface area contributed by atoms with Gasteiger partial charge in [0.15, 0.2) is 5.16 Å². The van der Waals surface area contributed by atoms with Crippen molar-refractivity contribution in [2.45, 2.75) is 38.8 Å². The summed E-state index contributed by atoms with van der Waals surface area (Å²) in [6.07, 6.45) is 2.31. The topological polar surface area (TPSA) is 80.9 Å². The lowest BCUT2D eigenvalue weighted by atomic mass is 10.2. The molecule has 1 N–H and O–H groups in total. The Morgan fingerprint density at radius 1 is 0.943 bits per heavy atom. The Morgan fingerprint density at radius 2 is 1.66 bits per heavy atom. The molecule has 0 bridgehead atoms. The van der Waals surface area contributed by atoms with Crippen LogP contribution in [0, 0.1) is 20.8 Å². The third-order valence-electron chi connectivity index (χ3n) is 6.19. The molecule has 4 aromatic rings. The predicted octanol–water partition coefficient (Wildman–Crippen LogP) is 4.71. The Hall–Kier alpha value is -3.59. The Kier molecular flexibility index (Phi) is 6.59. The van der Waals surface area contributed by atoms with Crippen LogP contribution in [0.15, 0.2) is 59.8 Å². The maximum absolute atomic E-state index is 13.0. The highest BCUT2D eigenvalue weighted by molar-refractivity contribution is 7.99. The molecule has 3 heterocycles. The van der Waals surface area contributed by atoms with Crippen LogP contribution in [0.2, 0.25) is 0 Å². The second-order valence-electron chi connectivity index (χ2n) is 8.78. The van der Waals surface area contributed by atoms with Gasteiger partial charge in [-0.3, -0.25) is 9.36 Å². The zero-order chi connectivity index (χ0) is 24.4. The highest BCUT2D eigenvalue weighted by Gasteiger charge is 2.23. The number of carbonyl (C=O) groups is 1. The molecular weight excluding hydrogens is 458 g/mol. The number of amides is 1. The Labute approximate surface area is 209 Å².